The second kappa shape index (κ2) is 10.4. The van der Waals surface area contributed by atoms with Crippen LogP contribution in [0.2, 0.25) is 0 Å². The maximum absolute atomic E-state index is 13.1. The Morgan fingerprint density at radius 1 is 1.26 bits per heavy atom. The molecule has 0 atom stereocenters. The van der Waals surface area contributed by atoms with Gasteiger partial charge in [-0.25, -0.2) is 4.39 Å². The van der Waals surface area contributed by atoms with Gasteiger partial charge in [0.05, 0.1) is 5.56 Å². The molecule has 0 spiro atoms. The largest absolute Gasteiger partial charge is 0.416 e. The van der Waals surface area contributed by atoms with Crippen LogP contribution < -0.4 is 10.6 Å². The van der Waals surface area contributed by atoms with Crippen LogP contribution in [-0.2, 0) is 19.1 Å². The lowest BCUT2D eigenvalue weighted by atomic mass is 10.1. The summed E-state index contributed by atoms with van der Waals surface area (Å²) < 4.78 is 57.1. The Morgan fingerprint density at radius 2 is 2.00 bits per heavy atom. The van der Waals surface area contributed by atoms with Crippen LogP contribution in [-0.4, -0.2) is 29.7 Å². The van der Waals surface area contributed by atoms with Crippen LogP contribution in [0.4, 0.5) is 17.6 Å². The van der Waals surface area contributed by atoms with Crippen LogP contribution >= 0.6 is 24.0 Å². The molecule has 0 aliphatic rings. The van der Waals surface area contributed by atoms with Crippen molar-refractivity contribution in [3.05, 3.63) is 46.9 Å². The van der Waals surface area contributed by atoms with Crippen molar-refractivity contribution in [1.29, 1.82) is 0 Å². The maximum atomic E-state index is 13.1. The summed E-state index contributed by atoms with van der Waals surface area (Å²) in [6.45, 7) is 2.09. The van der Waals surface area contributed by atoms with Crippen LogP contribution in [0.3, 0.4) is 0 Å². The van der Waals surface area contributed by atoms with Gasteiger partial charge in [0, 0.05) is 26.6 Å². The van der Waals surface area contributed by atoms with E-state index in [1.54, 1.807) is 6.92 Å². The van der Waals surface area contributed by atoms with Gasteiger partial charge in [0.1, 0.15) is 5.82 Å². The number of guanidine groups is 1. The molecule has 2 rings (SSSR count). The van der Waals surface area contributed by atoms with Crippen LogP contribution in [0.25, 0.3) is 0 Å². The molecule has 1 aromatic heterocycles. The van der Waals surface area contributed by atoms with E-state index in [4.69, 9.17) is 4.52 Å². The minimum Gasteiger partial charge on any atom is -0.356 e. The molecule has 0 radical (unpaired) electrons. The first kappa shape index (κ1) is 23.1. The third kappa shape index (κ3) is 7.31. The highest BCUT2D eigenvalue weighted by atomic mass is 127. The Kier molecular flexibility index (Phi) is 8.93. The van der Waals surface area contributed by atoms with Gasteiger partial charge < -0.3 is 15.2 Å². The van der Waals surface area contributed by atoms with E-state index in [9.17, 15) is 17.6 Å². The molecule has 1 heterocycles. The van der Waals surface area contributed by atoms with Crippen molar-refractivity contribution in [3.8, 4) is 0 Å². The lowest BCUT2D eigenvalue weighted by Crippen LogP contribution is -2.37. The van der Waals surface area contributed by atoms with Crippen molar-refractivity contribution in [1.82, 2.24) is 20.8 Å². The molecule has 0 saturated carbocycles. The fourth-order valence-corrected chi connectivity index (χ4v) is 2.25. The number of benzene rings is 1. The average Bonchev–Trinajstić information content (AvgIpc) is 2.99. The summed E-state index contributed by atoms with van der Waals surface area (Å²) in [5, 5.41) is 9.45. The Morgan fingerprint density at radius 3 is 2.59 bits per heavy atom. The van der Waals surface area contributed by atoms with E-state index in [0.29, 0.717) is 43.1 Å². The van der Waals surface area contributed by atoms with Gasteiger partial charge >= 0.3 is 6.18 Å². The number of hydrogen-bond donors (Lipinski definition) is 2. The number of aliphatic imine (C=N–C) groups is 1. The monoisotopic (exact) mass is 501 g/mol. The van der Waals surface area contributed by atoms with Crippen molar-refractivity contribution in [2.75, 3.05) is 13.6 Å². The van der Waals surface area contributed by atoms with Crippen LogP contribution in [0, 0.1) is 12.7 Å². The molecule has 0 amide bonds. The third-order valence-electron chi connectivity index (χ3n) is 3.48. The maximum Gasteiger partial charge on any atom is 0.416 e. The molecular formula is C16H20F4IN5O. The van der Waals surface area contributed by atoms with Gasteiger partial charge in [-0.2, -0.15) is 18.2 Å². The number of hydrogen-bond acceptors (Lipinski definition) is 4. The highest BCUT2D eigenvalue weighted by Crippen LogP contribution is 2.32. The summed E-state index contributed by atoms with van der Waals surface area (Å²) in [5.74, 6) is 0.489. The lowest BCUT2D eigenvalue weighted by molar-refractivity contribution is -0.138. The summed E-state index contributed by atoms with van der Waals surface area (Å²) in [7, 11) is 1.51. The van der Waals surface area contributed by atoms with Gasteiger partial charge in [0.25, 0.3) is 0 Å². The number of nitrogens with zero attached hydrogens (tertiary/aromatic N) is 3. The summed E-state index contributed by atoms with van der Waals surface area (Å²) in [6.07, 6.45) is -3.38. The second-order valence-corrected chi connectivity index (χ2v) is 5.49. The molecule has 2 aromatic rings. The number of rotatable bonds is 6. The first-order valence-corrected chi connectivity index (χ1v) is 7.89. The molecule has 0 aliphatic carbocycles. The molecule has 0 aliphatic heterocycles. The number of aryl methyl sites for hydroxylation is 2. The molecular weight excluding hydrogens is 481 g/mol. The first-order valence-electron chi connectivity index (χ1n) is 7.89. The molecule has 1 aromatic carbocycles. The van der Waals surface area contributed by atoms with Crippen LogP contribution in [0.1, 0.15) is 29.3 Å². The smallest absolute Gasteiger partial charge is 0.356 e. The van der Waals surface area contributed by atoms with Crippen LogP contribution in [0.15, 0.2) is 27.7 Å². The van der Waals surface area contributed by atoms with Gasteiger partial charge in [0.2, 0.25) is 5.89 Å². The summed E-state index contributed by atoms with van der Waals surface area (Å²) in [6, 6.07) is 2.59. The quantitative estimate of drug-likeness (QED) is 0.209. The fraction of sp³-hybridized carbons (Fsp3) is 0.438. The zero-order chi connectivity index (χ0) is 19.2. The number of alkyl halides is 3. The number of aromatic nitrogens is 2. The summed E-state index contributed by atoms with van der Waals surface area (Å²) >= 11 is 0. The van der Waals surface area contributed by atoms with Crippen molar-refractivity contribution in [2.45, 2.75) is 32.5 Å². The molecule has 0 saturated heterocycles. The van der Waals surface area contributed by atoms with E-state index in [1.807, 2.05) is 0 Å². The molecule has 11 heteroatoms. The summed E-state index contributed by atoms with van der Waals surface area (Å²) in [5.41, 5.74) is -1.07. The molecule has 0 bridgehead atoms. The van der Waals surface area contributed by atoms with E-state index in [1.165, 1.54) is 7.05 Å². The van der Waals surface area contributed by atoms with E-state index < -0.39 is 17.6 Å². The topological polar surface area (TPSA) is 75.3 Å². The minimum atomic E-state index is -4.63. The molecule has 6 nitrogen and oxygen atoms in total. The molecule has 2 N–H and O–H groups in total. The van der Waals surface area contributed by atoms with E-state index in [2.05, 4.69) is 25.8 Å². The van der Waals surface area contributed by atoms with E-state index in [-0.39, 0.29) is 36.1 Å². The standard InChI is InChI=1S/C16H19F4N5O.HI/c1-10-24-14(26-25-10)4-3-7-22-15(21-2)23-9-11-5-6-12(17)8-13(11)16(18,19)20;/h5-6,8H,3-4,7,9H2,1-2H3,(H2,21,22,23);1H. The Labute approximate surface area is 170 Å². The zero-order valence-electron chi connectivity index (χ0n) is 14.7. The minimum absolute atomic E-state index is 0. The number of nitrogens with one attached hydrogen (secondary N) is 2. The van der Waals surface area contributed by atoms with Crippen LogP contribution in [0.5, 0.6) is 0 Å². The average molecular weight is 501 g/mol. The lowest BCUT2D eigenvalue weighted by Gasteiger charge is -2.15. The highest BCUT2D eigenvalue weighted by Gasteiger charge is 2.33. The summed E-state index contributed by atoms with van der Waals surface area (Å²) in [4.78, 5) is 8.02. The molecule has 0 fully saturated rings. The predicted octanol–water partition coefficient (Wildman–Crippen LogP) is 3.45. The van der Waals surface area contributed by atoms with E-state index in [0.717, 1.165) is 12.1 Å². The Balaban J connectivity index is 0.00000364. The van der Waals surface area contributed by atoms with Gasteiger partial charge in [-0.15, -0.1) is 24.0 Å². The fourth-order valence-electron chi connectivity index (χ4n) is 2.25. The predicted molar refractivity (Wildman–Crippen MR) is 102 cm³/mol. The third-order valence-corrected chi connectivity index (χ3v) is 3.48. The zero-order valence-corrected chi connectivity index (χ0v) is 17.1. The molecule has 150 valence electrons. The van der Waals surface area contributed by atoms with Crippen molar-refractivity contribution >= 4 is 29.9 Å². The Bertz CT molecular complexity index is 764. The van der Waals surface area contributed by atoms with Gasteiger partial charge in [-0.05, 0) is 31.0 Å². The van der Waals surface area contributed by atoms with Gasteiger partial charge in [-0.3, -0.25) is 4.99 Å². The van der Waals surface area contributed by atoms with E-state index >= 15 is 0 Å². The van der Waals surface area contributed by atoms with Crippen molar-refractivity contribution in [2.24, 2.45) is 4.99 Å². The second-order valence-electron chi connectivity index (χ2n) is 5.49. The van der Waals surface area contributed by atoms with Gasteiger partial charge in [-0.1, -0.05) is 11.2 Å². The normalized spacial score (nSPS) is 11.9. The molecule has 0 unspecified atom stereocenters. The first-order chi connectivity index (χ1) is 12.3. The Hall–Kier alpha value is -1.92. The van der Waals surface area contributed by atoms with Crippen molar-refractivity contribution in [3.63, 3.8) is 0 Å². The molecule has 27 heavy (non-hydrogen) atoms. The van der Waals surface area contributed by atoms with Gasteiger partial charge in [0.15, 0.2) is 11.8 Å². The highest BCUT2D eigenvalue weighted by molar-refractivity contribution is 14.0. The SMILES string of the molecule is CN=C(NCCCc1nc(C)no1)NCc1ccc(F)cc1C(F)(F)F.I. The van der Waals surface area contributed by atoms with Crippen molar-refractivity contribution < 1.29 is 22.1 Å². The number of halogens is 5.